The summed E-state index contributed by atoms with van der Waals surface area (Å²) in [5.74, 6) is -0.892. The van der Waals surface area contributed by atoms with Crippen molar-refractivity contribution in [2.75, 3.05) is 5.32 Å². The number of rotatable bonds is 5. The average Bonchev–Trinajstić information content (AvgIpc) is 3.01. The number of nitrogens with one attached hydrogen (secondary N) is 1. The molecule has 0 spiro atoms. The first-order chi connectivity index (χ1) is 11.0. The van der Waals surface area contributed by atoms with E-state index in [4.69, 9.17) is 4.74 Å². The zero-order valence-corrected chi connectivity index (χ0v) is 14.1. The van der Waals surface area contributed by atoms with E-state index in [9.17, 15) is 9.59 Å². The Morgan fingerprint density at radius 2 is 2.04 bits per heavy atom. The van der Waals surface area contributed by atoms with Crippen molar-refractivity contribution < 1.29 is 14.3 Å². The highest BCUT2D eigenvalue weighted by molar-refractivity contribution is 7.10. The van der Waals surface area contributed by atoms with Crippen molar-refractivity contribution >= 4 is 35.0 Å². The second kappa shape index (κ2) is 7.74. The van der Waals surface area contributed by atoms with Crippen LogP contribution in [0.5, 0.6) is 0 Å². The van der Waals surface area contributed by atoms with Gasteiger partial charge in [0.2, 0.25) is 0 Å². The van der Waals surface area contributed by atoms with E-state index < -0.39 is 12.1 Å². The van der Waals surface area contributed by atoms with E-state index >= 15 is 0 Å². The number of thiophene rings is 1. The number of benzene rings is 1. The Morgan fingerprint density at radius 1 is 1.26 bits per heavy atom. The van der Waals surface area contributed by atoms with E-state index in [2.05, 4.69) is 5.32 Å². The van der Waals surface area contributed by atoms with E-state index in [1.807, 2.05) is 49.6 Å². The second-order valence-corrected chi connectivity index (χ2v) is 6.21. The molecule has 2 rings (SSSR count). The lowest BCUT2D eigenvalue weighted by Crippen LogP contribution is -2.29. The summed E-state index contributed by atoms with van der Waals surface area (Å²) in [5, 5.41) is 4.70. The summed E-state index contributed by atoms with van der Waals surface area (Å²) in [7, 11) is 0. The Morgan fingerprint density at radius 3 is 2.70 bits per heavy atom. The van der Waals surface area contributed by atoms with Crippen molar-refractivity contribution in [1.82, 2.24) is 0 Å². The molecule has 0 bridgehead atoms. The van der Waals surface area contributed by atoms with Gasteiger partial charge in [0.05, 0.1) is 0 Å². The first kappa shape index (κ1) is 17.0. The largest absolute Gasteiger partial charge is 0.449 e. The number of carbonyl (C=O) groups is 2. The standard InChI is InChI=1S/C18H19NO3S/c1-12-6-8-16(13(2)11-12)19-18(21)14(3)22-17(20)9-7-15-5-4-10-23-15/h4-11,14H,1-3H3,(H,19,21)/b9-7+/t14-/m1/s1. The van der Waals surface area contributed by atoms with Crippen LogP contribution < -0.4 is 5.32 Å². The molecular weight excluding hydrogens is 310 g/mol. The van der Waals surface area contributed by atoms with Crippen molar-refractivity contribution in [3.05, 3.63) is 57.8 Å². The molecule has 1 amide bonds. The molecule has 1 aromatic heterocycles. The summed E-state index contributed by atoms with van der Waals surface area (Å²) in [5.41, 5.74) is 2.81. The van der Waals surface area contributed by atoms with Crippen LogP contribution in [-0.4, -0.2) is 18.0 Å². The molecule has 1 atom stereocenters. The molecule has 0 saturated carbocycles. The first-order valence-corrected chi connectivity index (χ1v) is 8.14. The Balaban J connectivity index is 1.90. The molecule has 0 fully saturated rings. The summed E-state index contributed by atoms with van der Waals surface area (Å²) in [6.07, 6.45) is 2.13. The molecule has 0 radical (unpaired) electrons. The summed E-state index contributed by atoms with van der Waals surface area (Å²) in [6, 6.07) is 9.54. The third kappa shape index (κ3) is 5.07. The van der Waals surface area contributed by atoms with Gasteiger partial charge in [0.25, 0.3) is 5.91 Å². The Kier molecular flexibility index (Phi) is 5.71. The van der Waals surface area contributed by atoms with E-state index in [1.54, 1.807) is 13.0 Å². The Bertz CT molecular complexity index is 720. The maximum Gasteiger partial charge on any atom is 0.331 e. The van der Waals surface area contributed by atoms with Crippen molar-refractivity contribution in [3.8, 4) is 0 Å². The fraction of sp³-hybridized carbons (Fsp3) is 0.222. The second-order valence-electron chi connectivity index (χ2n) is 5.24. The molecule has 0 aliphatic carbocycles. The summed E-state index contributed by atoms with van der Waals surface area (Å²) in [4.78, 5) is 24.8. The number of carbonyl (C=O) groups excluding carboxylic acids is 2. The van der Waals surface area contributed by atoms with E-state index in [-0.39, 0.29) is 5.91 Å². The average molecular weight is 329 g/mol. The lowest BCUT2D eigenvalue weighted by molar-refractivity contribution is -0.148. The van der Waals surface area contributed by atoms with Crippen LogP contribution in [0.4, 0.5) is 5.69 Å². The number of hydrogen-bond acceptors (Lipinski definition) is 4. The third-order valence-corrected chi connectivity index (χ3v) is 4.07. The Labute approximate surface area is 139 Å². The maximum atomic E-state index is 12.1. The highest BCUT2D eigenvalue weighted by atomic mass is 32.1. The molecule has 120 valence electrons. The van der Waals surface area contributed by atoms with Crippen molar-refractivity contribution in [2.45, 2.75) is 26.9 Å². The van der Waals surface area contributed by atoms with Gasteiger partial charge >= 0.3 is 5.97 Å². The molecule has 1 heterocycles. The Hall–Kier alpha value is -2.40. The molecule has 0 unspecified atom stereocenters. The van der Waals surface area contributed by atoms with Crippen LogP contribution in [0.25, 0.3) is 6.08 Å². The fourth-order valence-electron chi connectivity index (χ4n) is 1.99. The lowest BCUT2D eigenvalue weighted by Gasteiger charge is -2.14. The van der Waals surface area contributed by atoms with E-state index in [0.717, 1.165) is 21.7 Å². The van der Waals surface area contributed by atoms with Crippen LogP contribution in [0.3, 0.4) is 0 Å². The minimum Gasteiger partial charge on any atom is -0.449 e. The highest BCUT2D eigenvalue weighted by Crippen LogP contribution is 2.16. The van der Waals surface area contributed by atoms with Gasteiger partial charge in [-0.1, -0.05) is 23.8 Å². The third-order valence-electron chi connectivity index (χ3n) is 3.23. The van der Waals surface area contributed by atoms with Gasteiger partial charge in [-0.15, -0.1) is 11.3 Å². The molecule has 4 nitrogen and oxygen atoms in total. The van der Waals surface area contributed by atoms with Gasteiger partial charge in [0.1, 0.15) is 0 Å². The predicted octanol–water partition coefficient (Wildman–Crippen LogP) is 3.95. The summed E-state index contributed by atoms with van der Waals surface area (Å²) in [6.45, 7) is 5.46. The number of anilines is 1. The number of amides is 1. The molecule has 0 aliphatic heterocycles. The fourth-order valence-corrected chi connectivity index (χ4v) is 2.61. The minimum atomic E-state index is -0.865. The van der Waals surface area contributed by atoms with Crippen LogP contribution in [0.15, 0.2) is 41.8 Å². The first-order valence-electron chi connectivity index (χ1n) is 7.26. The van der Waals surface area contributed by atoms with Gasteiger partial charge in [-0.25, -0.2) is 4.79 Å². The number of hydrogen-bond donors (Lipinski definition) is 1. The molecule has 1 N–H and O–H groups in total. The van der Waals surface area contributed by atoms with Crippen LogP contribution >= 0.6 is 11.3 Å². The lowest BCUT2D eigenvalue weighted by atomic mass is 10.1. The van der Waals surface area contributed by atoms with Gasteiger partial charge in [0, 0.05) is 16.6 Å². The molecule has 0 aliphatic rings. The maximum absolute atomic E-state index is 12.1. The zero-order chi connectivity index (χ0) is 16.8. The number of ether oxygens (including phenoxy) is 1. The van der Waals surface area contributed by atoms with Crippen LogP contribution in [-0.2, 0) is 14.3 Å². The minimum absolute atomic E-state index is 0.352. The van der Waals surface area contributed by atoms with Crippen LogP contribution in [0, 0.1) is 13.8 Å². The SMILES string of the molecule is Cc1ccc(NC(=O)[C@@H](C)OC(=O)/C=C/c2cccs2)c(C)c1. The van der Waals surface area contributed by atoms with Crippen molar-refractivity contribution in [2.24, 2.45) is 0 Å². The normalized spacial score (nSPS) is 12.1. The monoisotopic (exact) mass is 329 g/mol. The molecule has 0 saturated heterocycles. The summed E-state index contributed by atoms with van der Waals surface area (Å²) >= 11 is 1.52. The van der Waals surface area contributed by atoms with Crippen molar-refractivity contribution in [3.63, 3.8) is 0 Å². The molecular formula is C18H19NO3S. The van der Waals surface area contributed by atoms with Gasteiger partial charge in [-0.05, 0) is 49.9 Å². The van der Waals surface area contributed by atoms with E-state index in [1.165, 1.54) is 17.4 Å². The number of aryl methyl sites for hydroxylation is 2. The van der Waals surface area contributed by atoms with Gasteiger partial charge < -0.3 is 10.1 Å². The smallest absolute Gasteiger partial charge is 0.331 e. The molecule has 5 heteroatoms. The van der Waals surface area contributed by atoms with Crippen molar-refractivity contribution in [1.29, 1.82) is 0 Å². The molecule has 2 aromatic rings. The quantitative estimate of drug-likeness (QED) is 0.667. The van der Waals surface area contributed by atoms with Crippen LogP contribution in [0.1, 0.15) is 22.9 Å². The number of esters is 1. The van der Waals surface area contributed by atoms with Gasteiger partial charge in [-0.2, -0.15) is 0 Å². The molecule has 1 aromatic carbocycles. The predicted molar refractivity (Wildman–Crippen MR) is 93.5 cm³/mol. The van der Waals surface area contributed by atoms with Gasteiger partial charge in [0.15, 0.2) is 6.10 Å². The molecule has 23 heavy (non-hydrogen) atoms. The highest BCUT2D eigenvalue weighted by Gasteiger charge is 2.17. The topological polar surface area (TPSA) is 55.4 Å². The van der Waals surface area contributed by atoms with E-state index in [0.29, 0.717) is 0 Å². The zero-order valence-electron chi connectivity index (χ0n) is 13.3. The van der Waals surface area contributed by atoms with Crippen LogP contribution in [0.2, 0.25) is 0 Å². The summed E-state index contributed by atoms with van der Waals surface area (Å²) < 4.78 is 5.11. The van der Waals surface area contributed by atoms with Gasteiger partial charge in [-0.3, -0.25) is 4.79 Å².